The standard InChI is InChI=1S/C16H17Br2NO3/c1-16(2,3)22-15(20)19-9-12(18)8-14(19)10-5-11(17)7-13(6-10)21-4/h5-9H,1-4H3. The van der Waals surface area contributed by atoms with Gasteiger partial charge in [-0.1, -0.05) is 15.9 Å². The number of rotatable bonds is 2. The number of hydrogen-bond acceptors (Lipinski definition) is 3. The summed E-state index contributed by atoms with van der Waals surface area (Å²) >= 11 is 6.86. The molecule has 0 saturated carbocycles. The first-order valence-corrected chi connectivity index (χ1v) is 8.24. The predicted octanol–water partition coefficient (Wildman–Crippen LogP) is 5.47. The van der Waals surface area contributed by atoms with Crippen LogP contribution in [0.3, 0.4) is 0 Å². The van der Waals surface area contributed by atoms with Crippen molar-refractivity contribution in [2.24, 2.45) is 0 Å². The second-order valence-electron chi connectivity index (χ2n) is 5.77. The van der Waals surface area contributed by atoms with E-state index in [-0.39, 0.29) is 0 Å². The first-order valence-electron chi connectivity index (χ1n) is 6.66. The van der Waals surface area contributed by atoms with Crippen molar-refractivity contribution in [1.29, 1.82) is 0 Å². The Hall–Kier alpha value is -1.27. The lowest BCUT2D eigenvalue weighted by Gasteiger charge is -2.20. The van der Waals surface area contributed by atoms with Crippen LogP contribution in [0.4, 0.5) is 4.79 Å². The molecule has 0 atom stereocenters. The molecule has 0 fully saturated rings. The van der Waals surface area contributed by atoms with Crippen LogP contribution in [0.1, 0.15) is 20.8 Å². The first-order chi connectivity index (χ1) is 10.2. The zero-order chi connectivity index (χ0) is 16.5. The van der Waals surface area contributed by atoms with Crippen LogP contribution < -0.4 is 4.74 Å². The predicted molar refractivity (Wildman–Crippen MR) is 93.5 cm³/mol. The van der Waals surface area contributed by atoms with E-state index in [9.17, 15) is 4.79 Å². The number of carbonyl (C=O) groups is 1. The maximum atomic E-state index is 12.4. The molecular formula is C16H17Br2NO3. The fourth-order valence-corrected chi connectivity index (χ4v) is 2.84. The van der Waals surface area contributed by atoms with Crippen molar-refractivity contribution >= 4 is 38.0 Å². The van der Waals surface area contributed by atoms with Gasteiger partial charge in [-0.05, 0) is 61.0 Å². The molecule has 0 aliphatic heterocycles. The van der Waals surface area contributed by atoms with Gasteiger partial charge in [-0.2, -0.15) is 0 Å². The van der Waals surface area contributed by atoms with E-state index in [0.717, 1.165) is 20.2 Å². The van der Waals surface area contributed by atoms with E-state index in [0.29, 0.717) is 5.75 Å². The molecule has 0 aliphatic rings. The molecule has 2 rings (SSSR count). The average Bonchev–Trinajstić information content (AvgIpc) is 2.78. The highest BCUT2D eigenvalue weighted by atomic mass is 79.9. The Kier molecular flexibility index (Phi) is 5.02. The van der Waals surface area contributed by atoms with Gasteiger partial charge in [0, 0.05) is 20.7 Å². The SMILES string of the molecule is COc1cc(Br)cc(-c2cc(Br)cn2C(=O)OC(C)(C)C)c1. The Labute approximate surface area is 146 Å². The van der Waals surface area contributed by atoms with Crippen molar-refractivity contribution in [3.05, 3.63) is 39.4 Å². The van der Waals surface area contributed by atoms with Gasteiger partial charge in [0.05, 0.1) is 12.8 Å². The van der Waals surface area contributed by atoms with Crippen LogP contribution in [0.5, 0.6) is 5.75 Å². The van der Waals surface area contributed by atoms with Crippen LogP contribution >= 0.6 is 31.9 Å². The summed E-state index contributed by atoms with van der Waals surface area (Å²) in [6, 6.07) is 7.52. The summed E-state index contributed by atoms with van der Waals surface area (Å²) in [5.74, 6) is 0.706. The summed E-state index contributed by atoms with van der Waals surface area (Å²) in [5.41, 5.74) is 1.02. The number of nitrogens with zero attached hydrogens (tertiary/aromatic N) is 1. The van der Waals surface area contributed by atoms with Gasteiger partial charge in [-0.3, -0.25) is 4.57 Å². The summed E-state index contributed by atoms with van der Waals surface area (Å²) < 4.78 is 13.9. The number of ether oxygens (including phenoxy) is 2. The Balaban J connectivity index is 2.49. The van der Waals surface area contributed by atoms with E-state index in [2.05, 4.69) is 31.9 Å². The molecule has 22 heavy (non-hydrogen) atoms. The molecule has 2 aromatic rings. The Bertz CT molecular complexity index is 702. The molecule has 6 heteroatoms. The number of benzene rings is 1. The molecule has 1 aromatic heterocycles. The zero-order valence-corrected chi connectivity index (χ0v) is 16.0. The fraction of sp³-hybridized carbons (Fsp3) is 0.312. The van der Waals surface area contributed by atoms with Crippen molar-refractivity contribution < 1.29 is 14.3 Å². The van der Waals surface area contributed by atoms with E-state index < -0.39 is 11.7 Å². The molecule has 0 spiro atoms. The summed E-state index contributed by atoms with van der Waals surface area (Å²) in [7, 11) is 1.61. The molecule has 0 bridgehead atoms. The van der Waals surface area contributed by atoms with Gasteiger partial charge in [0.2, 0.25) is 0 Å². The Morgan fingerprint density at radius 3 is 2.36 bits per heavy atom. The highest BCUT2D eigenvalue weighted by molar-refractivity contribution is 9.10. The number of methoxy groups -OCH3 is 1. The lowest BCUT2D eigenvalue weighted by molar-refractivity contribution is 0.0540. The normalized spacial score (nSPS) is 11.4. The minimum Gasteiger partial charge on any atom is -0.497 e. The van der Waals surface area contributed by atoms with Crippen molar-refractivity contribution in [3.8, 4) is 17.0 Å². The Morgan fingerprint density at radius 1 is 1.09 bits per heavy atom. The molecule has 0 aliphatic carbocycles. The first kappa shape index (κ1) is 17.1. The number of aromatic nitrogens is 1. The van der Waals surface area contributed by atoms with Gasteiger partial charge in [0.1, 0.15) is 11.4 Å². The molecule has 1 heterocycles. The monoisotopic (exact) mass is 429 g/mol. The highest BCUT2D eigenvalue weighted by Gasteiger charge is 2.21. The second-order valence-corrected chi connectivity index (χ2v) is 7.60. The van der Waals surface area contributed by atoms with Gasteiger partial charge >= 0.3 is 6.09 Å². The molecule has 0 unspecified atom stereocenters. The van der Waals surface area contributed by atoms with Gasteiger partial charge in [-0.25, -0.2) is 4.79 Å². The van der Waals surface area contributed by atoms with Crippen LogP contribution in [0.25, 0.3) is 11.3 Å². The third kappa shape index (κ3) is 4.14. The molecular weight excluding hydrogens is 414 g/mol. The van der Waals surface area contributed by atoms with Gasteiger partial charge in [0.25, 0.3) is 0 Å². The smallest absolute Gasteiger partial charge is 0.419 e. The molecule has 4 nitrogen and oxygen atoms in total. The molecule has 0 saturated heterocycles. The topological polar surface area (TPSA) is 40.5 Å². The number of carbonyl (C=O) groups excluding carboxylic acids is 1. The second kappa shape index (κ2) is 6.46. The van der Waals surface area contributed by atoms with Crippen LogP contribution in [-0.2, 0) is 4.74 Å². The quantitative estimate of drug-likeness (QED) is 0.633. The lowest BCUT2D eigenvalue weighted by Crippen LogP contribution is -2.27. The van der Waals surface area contributed by atoms with Gasteiger partial charge in [0.15, 0.2) is 0 Å². The number of hydrogen-bond donors (Lipinski definition) is 0. The number of halogens is 2. The van der Waals surface area contributed by atoms with Crippen molar-refractivity contribution in [3.63, 3.8) is 0 Å². The van der Waals surface area contributed by atoms with E-state index >= 15 is 0 Å². The summed E-state index contributed by atoms with van der Waals surface area (Å²) in [4.78, 5) is 12.4. The van der Waals surface area contributed by atoms with E-state index in [1.165, 1.54) is 4.57 Å². The van der Waals surface area contributed by atoms with Crippen LogP contribution in [0, 0.1) is 0 Å². The van der Waals surface area contributed by atoms with E-state index in [4.69, 9.17) is 9.47 Å². The summed E-state index contributed by atoms with van der Waals surface area (Å²) in [5, 5.41) is 0. The summed E-state index contributed by atoms with van der Waals surface area (Å²) in [6.45, 7) is 5.52. The highest BCUT2D eigenvalue weighted by Crippen LogP contribution is 2.31. The largest absolute Gasteiger partial charge is 0.497 e. The molecule has 1 aromatic carbocycles. The zero-order valence-electron chi connectivity index (χ0n) is 12.8. The maximum absolute atomic E-state index is 12.4. The van der Waals surface area contributed by atoms with Crippen molar-refractivity contribution in [2.75, 3.05) is 7.11 Å². The molecule has 0 radical (unpaired) electrons. The Morgan fingerprint density at radius 2 is 1.77 bits per heavy atom. The summed E-state index contributed by atoms with van der Waals surface area (Å²) in [6.07, 6.45) is 1.27. The lowest BCUT2D eigenvalue weighted by atomic mass is 10.1. The van der Waals surface area contributed by atoms with Crippen molar-refractivity contribution in [1.82, 2.24) is 4.57 Å². The average molecular weight is 431 g/mol. The van der Waals surface area contributed by atoms with Crippen molar-refractivity contribution in [2.45, 2.75) is 26.4 Å². The molecule has 118 valence electrons. The van der Waals surface area contributed by atoms with Gasteiger partial charge in [-0.15, -0.1) is 0 Å². The third-order valence-corrected chi connectivity index (χ3v) is 3.67. The fourth-order valence-electron chi connectivity index (χ4n) is 1.94. The van der Waals surface area contributed by atoms with E-state index in [1.54, 1.807) is 13.3 Å². The van der Waals surface area contributed by atoms with Gasteiger partial charge < -0.3 is 9.47 Å². The molecule has 0 N–H and O–H groups in total. The van der Waals surface area contributed by atoms with Crippen LogP contribution in [0.2, 0.25) is 0 Å². The van der Waals surface area contributed by atoms with Crippen LogP contribution in [0.15, 0.2) is 39.4 Å². The van der Waals surface area contributed by atoms with E-state index in [1.807, 2.05) is 45.0 Å². The molecule has 0 amide bonds. The minimum atomic E-state index is -0.555. The van der Waals surface area contributed by atoms with Crippen LogP contribution in [-0.4, -0.2) is 23.4 Å². The maximum Gasteiger partial charge on any atom is 0.419 e. The third-order valence-electron chi connectivity index (χ3n) is 2.78. The minimum absolute atomic E-state index is 0.424.